The number of carbonyl (C=O) groups is 1. The van der Waals surface area contributed by atoms with Gasteiger partial charge in [-0.3, -0.25) is 9.78 Å². The molecule has 0 saturated carbocycles. The Morgan fingerprint density at radius 3 is 2.00 bits per heavy atom. The summed E-state index contributed by atoms with van der Waals surface area (Å²) in [4.78, 5) is 22.3. The number of amides is 1. The maximum atomic E-state index is 13.1. The molecule has 234 valence electrons. The summed E-state index contributed by atoms with van der Waals surface area (Å²) in [5.41, 5.74) is 3.10. The Kier molecular flexibility index (Phi) is 15.6. The number of unbranched alkanes of at least 4 members (excludes halogenated alkanes) is 7. The molecular formula is C37H47BrN4O2. The molecule has 0 radical (unpaired) electrons. The van der Waals surface area contributed by atoms with Crippen molar-refractivity contribution in [2.45, 2.75) is 83.3 Å². The van der Waals surface area contributed by atoms with Gasteiger partial charge >= 0.3 is 0 Å². The number of hydrogen-bond acceptors (Lipinski definition) is 5. The van der Waals surface area contributed by atoms with E-state index in [-0.39, 0.29) is 13.3 Å². The molecule has 44 heavy (non-hydrogen) atoms. The highest BCUT2D eigenvalue weighted by Crippen LogP contribution is 2.43. The van der Waals surface area contributed by atoms with Crippen molar-refractivity contribution < 1.29 is 9.90 Å². The number of hydrogen-bond donors (Lipinski definition) is 3. The molecule has 2 heterocycles. The number of anilines is 2. The summed E-state index contributed by atoms with van der Waals surface area (Å²) in [6.45, 7) is 0. The summed E-state index contributed by atoms with van der Waals surface area (Å²) in [5.74, 6) is 0.180. The second-order valence-corrected chi connectivity index (χ2v) is 11.7. The van der Waals surface area contributed by atoms with Gasteiger partial charge in [0.2, 0.25) is 5.91 Å². The first-order valence-corrected chi connectivity index (χ1v) is 16.6. The van der Waals surface area contributed by atoms with Crippen LogP contribution in [0.4, 0.5) is 11.5 Å². The first-order chi connectivity index (χ1) is 21.2. The number of carbonyl (C=O) groups excluding carboxylic acids is 1. The highest BCUT2D eigenvalue weighted by Gasteiger charge is 2.35. The van der Waals surface area contributed by atoms with E-state index < -0.39 is 18.1 Å². The number of nitrogens with zero attached hydrogens (tertiary/aromatic N) is 2. The molecule has 0 aliphatic rings. The van der Waals surface area contributed by atoms with Gasteiger partial charge in [0.1, 0.15) is 5.82 Å². The zero-order chi connectivity index (χ0) is 30.1. The topological polar surface area (TPSA) is 87.1 Å². The van der Waals surface area contributed by atoms with Gasteiger partial charge in [-0.2, -0.15) is 0 Å². The van der Waals surface area contributed by atoms with Crippen molar-refractivity contribution in [3.8, 4) is 0 Å². The van der Waals surface area contributed by atoms with Crippen LogP contribution < -0.4 is 10.6 Å². The fourth-order valence-corrected chi connectivity index (χ4v) is 5.85. The van der Waals surface area contributed by atoms with E-state index in [0.29, 0.717) is 17.9 Å². The van der Waals surface area contributed by atoms with Crippen molar-refractivity contribution in [1.29, 1.82) is 0 Å². The van der Waals surface area contributed by atoms with Crippen LogP contribution in [0, 0.1) is 0 Å². The normalized spacial score (nSPS) is 12.9. The number of para-hydroxylation sites is 1. The van der Waals surface area contributed by atoms with Crippen LogP contribution in [0.25, 0.3) is 0 Å². The van der Waals surface area contributed by atoms with Crippen LogP contribution >= 0.6 is 15.9 Å². The molecule has 0 saturated heterocycles. The summed E-state index contributed by atoms with van der Waals surface area (Å²) < 4.78 is 0. The zero-order valence-electron chi connectivity index (χ0n) is 24.7. The second-order valence-electron chi connectivity index (χ2n) is 10.9. The monoisotopic (exact) mass is 658 g/mol. The Bertz CT molecular complexity index is 1340. The third-order valence-electron chi connectivity index (χ3n) is 7.70. The van der Waals surface area contributed by atoms with Crippen LogP contribution in [0.2, 0.25) is 0 Å². The number of pyridine rings is 2. The van der Waals surface area contributed by atoms with E-state index in [4.69, 9.17) is 0 Å². The average molecular weight is 660 g/mol. The third kappa shape index (κ3) is 10.9. The highest BCUT2D eigenvalue weighted by atomic mass is 79.9. The van der Waals surface area contributed by atoms with Crippen LogP contribution in [-0.2, 0) is 4.79 Å². The molecule has 4 rings (SSSR count). The number of aliphatic hydroxyl groups is 1. The van der Waals surface area contributed by atoms with Crippen LogP contribution in [-0.4, -0.2) is 26.3 Å². The van der Waals surface area contributed by atoms with Gasteiger partial charge in [-0.05, 0) is 54.3 Å². The standard InChI is InChI=1S/C36H43BrN4O2.CH4/c37-25-15-6-4-2-1-3-5-10-24-33(42)40-30-21-12-11-20-29(30)35(41-32-23-14-17-27-39-32)34(31-22-13-16-26-38-31)36(43)28-18-8-7-9-19-28;/h7-9,11-14,16-23,26-27,34-36,43H,1-6,10,15,24-25H2,(H,39,41)(H,40,42);1H4/t34-,35+,36+;/m0./s1. The summed E-state index contributed by atoms with van der Waals surface area (Å²) in [5, 5.41) is 19.7. The van der Waals surface area contributed by atoms with E-state index in [1.54, 1.807) is 12.4 Å². The van der Waals surface area contributed by atoms with E-state index in [1.807, 2.05) is 91.0 Å². The average Bonchev–Trinajstić information content (AvgIpc) is 3.05. The lowest BCUT2D eigenvalue weighted by molar-refractivity contribution is -0.116. The molecule has 1 amide bonds. The lowest BCUT2D eigenvalue weighted by Crippen LogP contribution is -2.27. The Labute approximate surface area is 271 Å². The first kappa shape index (κ1) is 34.9. The second kappa shape index (κ2) is 19.7. The van der Waals surface area contributed by atoms with E-state index in [9.17, 15) is 9.90 Å². The molecule has 0 bridgehead atoms. The smallest absolute Gasteiger partial charge is 0.224 e. The third-order valence-corrected chi connectivity index (χ3v) is 8.26. The van der Waals surface area contributed by atoms with Gasteiger partial charge < -0.3 is 15.7 Å². The minimum absolute atomic E-state index is 0. The van der Waals surface area contributed by atoms with Crippen molar-refractivity contribution in [1.82, 2.24) is 9.97 Å². The van der Waals surface area contributed by atoms with E-state index in [2.05, 4.69) is 36.5 Å². The molecule has 2 aromatic heterocycles. The van der Waals surface area contributed by atoms with E-state index >= 15 is 0 Å². The molecule has 0 aliphatic carbocycles. The van der Waals surface area contributed by atoms with Gasteiger partial charge in [-0.15, -0.1) is 0 Å². The van der Waals surface area contributed by atoms with Crippen LogP contribution in [0.1, 0.15) is 100 Å². The molecule has 0 spiro atoms. The Balaban J connectivity index is 0.00000529. The van der Waals surface area contributed by atoms with Crippen LogP contribution in [0.3, 0.4) is 0 Å². The number of aliphatic hydroxyl groups excluding tert-OH is 1. The molecule has 3 N–H and O–H groups in total. The number of halogens is 1. The van der Waals surface area contributed by atoms with Gasteiger partial charge in [-0.25, -0.2) is 4.98 Å². The zero-order valence-corrected chi connectivity index (χ0v) is 26.3. The molecule has 0 aliphatic heterocycles. The van der Waals surface area contributed by atoms with Gasteiger partial charge in [0, 0.05) is 35.5 Å². The molecule has 7 heteroatoms. The number of nitrogens with one attached hydrogen (secondary N) is 2. The van der Waals surface area contributed by atoms with Gasteiger partial charge in [0.05, 0.1) is 18.1 Å². The summed E-state index contributed by atoms with van der Waals surface area (Å²) >= 11 is 3.49. The summed E-state index contributed by atoms with van der Waals surface area (Å²) in [6.07, 6.45) is 12.5. The minimum Gasteiger partial charge on any atom is -0.388 e. The quantitative estimate of drug-likeness (QED) is 0.0732. The number of alkyl halides is 1. The number of aromatic nitrogens is 2. The van der Waals surface area contributed by atoms with Crippen LogP contribution in [0.5, 0.6) is 0 Å². The summed E-state index contributed by atoms with van der Waals surface area (Å²) in [7, 11) is 0. The van der Waals surface area contributed by atoms with Crippen LogP contribution in [0.15, 0.2) is 103 Å². The molecule has 0 unspecified atom stereocenters. The fraction of sp³-hybridized carbons (Fsp3) is 0.378. The lowest BCUT2D eigenvalue weighted by atomic mass is 9.82. The summed E-state index contributed by atoms with van der Waals surface area (Å²) in [6, 6.07) is 28.4. The fourth-order valence-electron chi connectivity index (χ4n) is 5.45. The SMILES string of the molecule is C.O=C(CCCCCCCCCCBr)Nc1ccccc1[C@@H](Nc1ccccn1)[C@H](c1ccccn1)[C@H](O)c1ccccc1. The minimum atomic E-state index is -0.874. The van der Waals surface area contributed by atoms with Gasteiger partial charge in [0.15, 0.2) is 0 Å². The molecule has 0 fully saturated rings. The predicted octanol–water partition coefficient (Wildman–Crippen LogP) is 9.63. The van der Waals surface area contributed by atoms with Crippen molar-refractivity contribution in [2.24, 2.45) is 0 Å². The van der Waals surface area contributed by atoms with E-state index in [1.165, 1.54) is 32.1 Å². The van der Waals surface area contributed by atoms with Crippen molar-refractivity contribution in [2.75, 3.05) is 16.0 Å². The molecule has 2 aromatic carbocycles. The lowest BCUT2D eigenvalue weighted by Gasteiger charge is -2.33. The van der Waals surface area contributed by atoms with Gasteiger partial charge in [0.25, 0.3) is 0 Å². The van der Waals surface area contributed by atoms with Crippen molar-refractivity contribution in [3.05, 3.63) is 120 Å². The Hall–Kier alpha value is -3.55. The maximum absolute atomic E-state index is 13.1. The van der Waals surface area contributed by atoms with Crippen molar-refractivity contribution >= 4 is 33.3 Å². The van der Waals surface area contributed by atoms with Crippen molar-refractivity contribution in [3.63, 3.8) is 0 Å². The number of benzene rings is 2. The van der Waals surface area contributed by atoms with E-state index in [0.717, 1.165) is 41.4 Å². The maximum Gasteiger partial charge on any atom is 0.224 e. The molecular weight excluding hydrogens is 612 g/mol. The molecule has 4 aromatic rings. The highest BCUT2D eigenvalue weighted by molar-refractivity contribution is 9.09. The predicted molar refractivity (Wildman–Crippen MR) is 186 cm³/mol. The van der Waals surface area contributed by atoms with Gasteiger partial charge in [-0.1, -0.05) is 123 Å². The Morgan fingerprint density at radius 1 is 0.727 bits per heavy atom. The molecule has 6 nitrogen and oxygen atoms in total. The number of rotatable bonds is 18. The largest absolute Gasteiger partial charge is 0.388 e. The first-order valence-electron chi connectivity index (χ1n) is 15.4. The Morgan fingerprint density at radius 2 is 1.34 bits per heavy atom. The molecule has 3 atom stereocenters.